The third kappa shape index (κ3) is 3.01. The fourth-order valence-electron chi connectivity index (χ4n) is 3.96. The molecule has 0 bridgehead atoms. The fraction of sp³-hybridized carbons (Fsp3) is 0.474. The summed E-state index contributed by atoms with van der Waals surface area (Å²) in [6.45, 7) is 13.0. The minimum absolute atomic E-state index is 0.103. The maximum Gasteiger partial charge on any atom is 0.258 e. The van der Waals surface area contributed by atoms with Crippen molar-refractivity contribution in [3.63, 3.8) is 0 Å². The van der Waals surface area contributed by atoms with Crippen molar-refractivity contribution in [3.05, 3.63) is 35.9 Å². The van der Waals surface area contributed by atoms with Crippen LogP contribution in [-0.4, -0.2) is 13.4 Å². The highest BCUT2D eigenvalue weighted by Crippen LogP contribution is 2.44. The summed E-state index contributed by atoms with van der Waals surface area (Å²) in [6.07, 6.45) is 0. The Kier molecular flexibility index (Phi) is 5.23. The molecule has 5 heteroatoms. The Hall–Kier alpha value is -1.62. The van der Waals surface area contributed by atoms with Gasteiger partial charge in [-0.05, 0) is 34.1 Å². The molecule has 0 aliphatic heterocycles. The third-order valence-corrected chi connectivity index (χ3v) is 11.0. The number of fused-ring (bicyclic) bond motifs is 1. The van der Waals surface area contributed by atoms with E-state index in [-0.39, 0.29) is 11.1 Å². The van der Waals surface area contributed by atoms with Gasteiger partial charge in [-0.1, -0.05) is 47.6 Å². The average molecular weight is 352 g/mol. The minimum Gasteiger partial charge on any atom is -0.543 e. The third-order valence-electron chi connectivity index (χ3n) is 4.96. The van der Waals surface area contributed by atoms with Gasteiger partial charge in [-0.25, -0.2) is 8.78 Å². The molecule has 132 valence electrons. The maximum atomic E-state index is 13.9. The van der Waals surface area contributed by atoms with Gasteiger partial charge in [-0.3, -0.25) is 0 Å². The van der Waals surface area contributed by atoms with Crippen molar-refractivity contribution in [3.8, 4) is 11.5 Å². The topological polar surface area (TPSA) is 29.5 Å². The minimum atomic E-state index is -2.18. The monoisotopic (exact) mass is 352 g/mol. The predicted octanol–water partition coefficient (Wildman–Crippen LogP) is 6.38. The summed E-state index contributed by atoms with van der Waals surface area (Å²) in [5.74, 6) is -1.77. The molecule has 0 spiro atoms. The zero-order chi connectivity index (χ0) is 18.2. The summed E-state index contributed by atoms with van der Waals surface area (Å²) < 4.78 is 33.9. The molecular formula is C19H26F2O2Si. The van der Waals surface area contributed by atoms with Crippen LogP contribution in [0.25, 0.3) is 10.8 Å². The molecule has 0 fully saturated rings. The first-order chi connectivity index (χ1) is 11.1. The van der Waals surface area contributed by atoms with Gasteiger partial charge < -0.3 is 9.53 Å². The number of hydrogen-bond donors (Lipinski definition) is 1. The number of rotatable bonds is 5. The van der Waals surface area contributed by atoms with Crippen LogP contribution < -0.4 is 4.43 Å². The molecule has 0 heterocycles. The molecule has 2 rings (SSSR count). The summed E-state index contributed by atoms with van der Waals surface area (Å²) in [7, 11) is -2.18. The quantitative estimate of drug-likeness (QED) is 0.633. The summed E-state index contributed by atoms with van der Waals surface area (Å²) in [4.78, 5) is 0. The number of aromatic hydroxyl groups is 1. The van der Waals surface area contributed by atoms with E-state index in [1.807, 2.05) is 0 Å². The van der Waals surface area contributed by atoms with E-state index in [2.05, 4.69) is 41.5 Å². The van der Waals surface area contributed by atoms with Crippen molar-refractivity contribution < 1.29 is 18.3 Å². The second kappa shape index (κ2) is 6.71. The van der Waals surface area contributed by atoms with E-state index in [0.717, 1.165) is 6.07 Å². The van der Waals surface area contributed by atoms with Crippen molar-refractivity contribution in [1.82, 2.24) is 0 Å². The van der Waals surface area contributed by atoms with Gasteiger partial charge in [-0.2, -0.15) is 0 Å². The van der Waals surface area contributed by atoms with E-state index >= 15 is 0 Å². The second-order valence-electron chi connectivity index (χ2n) is 7.32. The van der Waals surface area contributed by atoms with Crippen LogP contribution in [-0.2, 0) is 0 Å². The van der Waals surface area contributed by atoms with Crippen LogP contribution in [0.3, 0.4) is 0 Å². The molecule has 0 aliphatic carbocycles. The van der Waals surface area contributed by atoms with Gasteiger partial charge in [0, 0.05) is 6.07 Å². The van der Waals surface area contributed by atoms with Crippen LogP contribution in [0.15, 0.2) is 24.3 Å². The molecule has 0 aliphatic rings. The van der Waals surface area contributed by atoms with E-state index in [1.165, 1.54) is 12.1 Å². The lowest BCUT2D eigenvalue weighted by molar-refractivity contribution is 0.456. The Morgan fingerprint density at radius 1 is 0.917 bits per heavy atom. The molecule has 2 aromatic carbocycles. The number of benzene rings is 2. The van der Waals surface area contributed by atoms with Crippen LogP contribution in [0, 0.1) is 11.6 Å². The fourth-order valence-corrected chi connectivity index (χ4v) is 9.20. The van der Waals surface area contributed by atoms with E-state index in [0.29, 0.717) is 27.8 Å². The van der Waals surface area contributed by atoms with Crippen molar-refractivity contribution in [2.24, 2.45) is 0 Å². The highest BCUT2D eigenvalue weighted by Gasteiger charge is 2.47. The Bertz CT molecular complexity index is 720. The number of phenols is 1. The molecule has 0 saturated heterocycles. The predicted molar refractivity (Wildman–Crippen MR) is 97.2 cm³/mol. The van der Waals surface area contributed by atoms with Crippen LogP contribution in [0.2, 0.25) is 16.6 Å². The van der Waals surface area contributed by atoms with E-state index < -0.39 is 20.0 Å². The first-order valence-electron chi connectivity index (χ1n) is 8.41. The number of hydrogen-bond acceptors (Lipinski definition) is 2. The van der Waals surface area contributed by atoms with Crippen molar-refractivity contribution >= 4 is 19.1 Å². The first-order valence-corrected chi connectivity index (χ1v) is 10.5. The van der Waals surface area contributed by atoms with Crippen molar-refractivity contribution in [2.75, 3.05) is 0 Å². The molecular weight excluding hydrogens is 326 g/mol. The number of halogens is 2. The lowest BCUT2D eigenvalue weighted by Crippen LogP contribution is -2.50. The molecule has 0 aromatic heterocycles. The summed E-state index contributed by atoms with van der Waals surface area (Å²) in [5, 5.41) is 10.5. The Morgan fingerprint density at radius 3 is 1.96 bits per heavy atom. The smallest absolute Gasteiger partial charge is 0.258 e. The van der Waals surface area contributed by atoms with Crippen LogP contribution in [0.4, 0.5) is 8.78 Å². The molecule has 24 heavy (non-hydrogen) atoms. The standard InChI is InChI=1S/C19H26F2O2Si/c1-11(2)24(12(3)4,13(5)6)23-15-9-14-7-8-16(20)19(21)18(14)17(22)10-15/h7-13,22H,1-6H3. The molecule has 2 aromatic rings. The zero-order valence-electron chi connectivity index (χ0n) is 15.2. The van der Waals surface area contributed by atoms with Gasteiger partial charge in [0.1, 0.15) is 11.5 Å². The molecule has 0 amide bonds. The Morgan fingerprint density at radius 2 is 1.46 bits per heavy atom. The normalized spacial score (nSPS) is 12.6. The second-order valence-corrected chi connectivity index (χ2v) is 12.7. The van der Waals surface area contributed by atoms with Gasteiger partial charge in [0.05, 0.1) is 5.39 Å². The van der Waals surface area contributed by atoms with E-state index in [9.17, 15) is 13.9 Å². The summed E-state index contributed by atoms with van der Waals surface area (Å²) >= 11 is 0. The highest BCUT2D eigenvalue weighted by atomic mass is 28.4. The molecule has 2 nitrogen and oxygen atoms in total. The molecule has 0 saturated carbocycles. The number of phenolic OH excluding ortho intramolecular Hbond substituents is 1. The maximum absolute atomic E-state index is 13.9. The SMILES string of the molecule is CC(C)[Si](Oc1cc(O)c2c(F)c(F)ccc2c1)(C(C)C)C(C)C. The van der Waals surface area contributed by atoms with Crippen molar-refractivity contribution in [1.29, 1.82) is 0 Å². The molecule has 1 N–H and O–H groups in total. The van der Waals surface area contributed by atoms with Crippen LogP contribution in [0.1, 0.15) is 41.5 Å². The summed E-state index contributed by atoms with van der Waals surface area (Å²) in [6, 6.07) is 5.62. The molecule has 0 unspecified atom stereocenters. The van der Waals surface area contributed by atoms with Gasteiger partial charge in [0.25, 0.3) is 8.32 Å². The van der Waals surface area contributed by atoms with E-state index in [1.54, 1.807) is 6.07 Å². The van der Waals surface area contributed by atoms with Gasteiger partial charge >= 0.3 is 0 Å². The van der Waals surface area contributed by atoms with E-state index in [4.69, 9.17) is 4.43 Å². The lowest BCUT2D eigenvalue weighted by Gasteiger charge is -2.42. The van der Waals surface area contributed by atoms with Gasteiger partial charge in [0.2, 0.25) is 0 Å². The van der Waals surface area contributed by atoms with Crippen molar-refractivity contribution in [2.45, 2.75) is 58.2 Å². The van der Waals surface area contributed by atoms with Crippen LogP contribution >= 0.6 is 0 Å². The molecule has 0 atom stereocenters. The zero-order valence-corrected chi connectivity index (χ0v) is 16.2. The largest absolute Gasteiger partial charge is 0.543 e. The Labute approximate surface area is 143 Å². The summed E-state index contributed by atoms with van der Waals surface area (Å²) in [5.41, 5.74) is 1.13. The Balaban J connectivity index is 2.58. The van der Waals surface area contributed by atoms with Gasteiger partial charge in [0.15, 0.2) is 11.6 Å². The van der Waals surface area contributed by atoms with Crippen LogP contribution in [0.5, 0.6) is 11.5 Å². The first kappa shape index (κ1) is 18.7. The highest BCUT2D eigenvalue weighted by molar-refractivity contribution is 6.78. The van der Waals surface area contributed by atoms with Gasteiger partial charge in [-0.15, -0.1) is 0 Å². The molecule has 0 radical (unpaired) electrons. The lowest BCUT2D eigenvalue weighted by atomic mass is 10.1. The average Bonchev–Trinajstić information content (AvgIpc) is 2.47.